The lowest BCUT2D eigenvalue weighted by molar-refractivity contribution is -0.133. The van der Waals surface area contributed by atoms with E-state index < -0.39 is 0 Å². The lowest BCUT2D eigenvalue weighted by Gasteiger charge is -2.34. The Morgan fingerprint density at radius 1 is 1.12 bits per heavy atom. The number of piperazine rings is 1. The Morgan fingerprint density at radius 2 is 1.88 bits per heavy atom. The molecule has 0 N–H and O–H groups in total. The number of nitrogens with zero attached hydrogens (tertiary/aromatic N) is 3. The van der Waals surface area contributed by atoms with E-state index in [0.29, 0.717) is 12.8 Å². The van der Waals surface area contributed by atoms with Crippen LogP contribution in [0.1, 0.15) is 38.6 Å². The molecule has 6 heteroatoms. The molecular formula is C20H25N3O2S. The summed E-state index contributed by atoms with van der Waals surface area (Å²) in [6, 6.07) is 7.87. The minimum atomic E-state index is 0.0778. The zero-order valence-electron chi connectivity index (χ0n) is 15.4. The van der Waals surface area contributed by atoms with Gasteiger partial charge in [0.15, 0.2) is 5.78 Å². The summed E-state index contributed by atoms with van der Waals surface area (Å²) in [5, 5.41) is 0. The molecular weight excluding hydrogens is 346 g/mol. The van der Waals surface area contributed by atoms with Gasteiger partial charge in [0.25, 0.3) is 0 Å². The van der Waals surface area contributed by atoms with Crippen LogP contribution in [0.2, 0.25) is 0 Å². The molecule has 2 aromatic rings. The Hall–Kier alpha value is -2.05. The highest BCUT2D eigenvalue weighted by atomic mass is 32.1. The van der Waals surface area contributed by atoms with Crippen LogP contribution in [0.4, 0.5) is 0 Å². The molecule has 0 aliphatic carbocycles. The minimum Gasteiger partial charge on any atom is -0.340 e. The van der Waals surface area contributed by atoms with Crippen molar-refractivity contribution in [3.05, 3.63) is 51.5 Å². The molecule has 26 heavy (non-hydrogen) atoms. The number of hydrogen-bond acceptors (Lipinski definition) is 5. The van der Waals surface area contributed by atoms with Crippen molar-refractivity contribution in [3.63, 3.8) is 0 Å². The van der Waals surface area contributed by atoms with E-state index in [1.165, 1.54) is 0 Å². The van der Waals surface area contributed by atoms with E-state index in [9.17, 15) is 9.59 Å². The van der Waals surface area contributed by atoms with E-state index in [4.69, 9.17) is 0 Å². The van der Waals surface area contributed by atoms with Gasteiger partial charge in [0.05, 0.1) is 5.69 Å². The lowest BCUT2D eigenvalue weighted by Crippen LogP contribution is -2.48. The van der Waals surface area contributed by atoms with Gasteiger partial charge in [-0.05, 0) is 32.0 Å². The van der Waals surface area contributed by atoms with Crippen LogP contribution in [0.25, 0.3) is 0 Å². The fourth-order valence-electron chi connectivity index (χ4n) is 3.30. The molecule has 3 heterocycles. The first kappa shape index (κ1) is 18.7. The number of rotatable bonds is 6. The summed E-state index contributed by atoms with van der Waals surface area (Å²) in [5.74, 6) is 0.162. The Morgan fingerprint density at radius 3 is 2.50 bits per heavy atom. The van der Waals surface area contributed by atoms with E-state index in [2.05, 4.69) is 9.88 Å². The van der Waals surface area contributed by atoms with Gasteiger partial charge < -0.3 is 4.90 Å². The zero-order valence-corrected chi connectivity index (χ0v) is 16.2. The molecule has 3 rings (SSSR count). The van der Waals surface area contributed by atoms with Crippen LogP contribution in [-0.4, -0.2) is 52.7 Å². The molecule has 0 bridgehead atoms. The van der Waals surface area contributed by atoms with Crippen LogP contribution >= 0.6 is 11.3 Å². The molecule has 1 amide bonds. The number of ketones is 1. The number of aromatic nitrogens is 1. The number of pyridine rings is 1. The van der Waals surface area contributed by atoms with Crippen LogP contribution in [0.5, 0.6) is 0 Å². The van der Waals surface area contributed by atoms with Crippen LogP contribution in [-0.2, 0) is 11.3 Å². The highest BCUT2D eigenvalue weighted by Crippen LogP contribution is 2.22. The molecule has 2 aromatic heterocycles. The first-order valence-corrected chi connectivity index (χ1v) is 9.85. The highest BCUT2D eigenvalue weighted by molar-refractivity contribution is 7.12. The smallest absolute Gasteiger partial charge is 0.223 e. The maximum Gasteiger partial charge on any atom is 0.223 e. The molecule has 1 aliphatic rings. The van der Waals surface area contributed by atoms with Crippen molar-refractivity contribution in [1.82, 2.24) is 14.8 Å². The Kier molecular flexibility index (Phi) is 6.16. The third-order valence-corrected chi connectivity index (χ3v) is 5.71. The van der Waals surface area contributed by atoms with Gasteiger partial charge in [0, 0.05) is 67.1 Å². The second kappa shape index (κ2) is 8.56. The summed E-state index contributed by atoms with van der Waals surface area (Å²) >= 11 is 1.63. The van der Waals surface area contributed by atoms with E-state index in [1.807, 2.05) is 49.2 Å². The van der Waals surface area contributed by atoms with Crippen molar-refractivity contribution in [3.8, 4) is 0 Å². The van der Waals surface area contributed by atoms with Crippen LogP contribution < -0.4 is 0 Å². The molecule has 1 aliphatic heterocycles. The molecule has 0 saturated carbocycles. The molecule has 0 atom stereocenters. The predicted molar refractivity (Wildman–Crippen MR) is 103 cm³/mol. The third kappa shape index (κ3) is 4.77. The first-order chi connectivity index (χ1) is 12.5. The van der Waals surface area contributed by atoms with Crippen molar-refractivity contribution < 1.29 is 9.59 Å². The molecule has 138 valence electrons. The van der Waals surface area contributed by atoms with Gasteiger partial charge >= 0.3 is 0 Å². The summed E-state index contributed by atoms with van der Waals surface area (Å²) < 4.78 is 0. The number of Topliss-reactive ketones (excluding diaryl/α,β-unsaturated/α-hetero) is 1. The molecule has 1 fully saturated rings. The topological polar surface area (TPSA) is 53.5 Å². The van der Waals surface area contributed by atoms with Gasteiger partial charge in [-0.2, -0.15) is 0 Å². The van der Waals surface area contributed by atoms with Gasteiger partial charge in [-0.3, -0.25) is 19.5 Å². The summed E-state index contributed by atoms with van der Waals surface area (Å²) in [4.78, 5) is 35.5. The van der Waals surface area contributed by atoms with Crippen molar-refractivity contribution in [2.24, 2.45) is 0 Å². The van der Waals surface area contributed by atoms with Crippen molar-refractivity contribution in [2.75, 3.05) is 26.2 Å². The van der Waals surface area contributed by atoms with Gasteiger partial charge in [0.2, 0.25) is 5.91 Å². The largest absolute Gasteiger partial charge is 0.340 e. The Labute approximate surface area is 158 Å². The number of carbonyl (C=O) groups is 2. The average molecular weight is 372 g/mol. The van der Waals surface area contributed by atoms with Gasteiger partial charge in [-0.1, -0.05) is 6.07 Å². The van der Waals surface area contributed by atoms with Gasteiger partial charge in [0.1, 0.15) is 0 Å². The third-order valence-electron chi connectivity index (χ3n) is 4.74. The molecule has 1 saturated heterocycles. The fraction of sp³-hybridized carbons (Fsp3) is 0.450. The first-order valence-electron chi connectivity index (χ1n) is 9.03. The van der Waals surface area contributed by atoms with Crippen molar-refractivity contribution in [1.29, 1.82) is 0 Å². The molecule has 0 radical (unpaired) electrons. The zero-order chi connectivity index (χ0) is 18.5. The standard InChI is InChI=1S/C20H25N3O2S/c1-15-13-18(16(2)26-15)19(24)6-7-20(25)23-11-9-22(10-12-23)14-17-5-3-4-8-21-17/h3-5,8,13H,6-7,9-12,14H2,1-2H3. The van der Waals surface area contributed by atoms with E-state index in [1.54, 1.807) is 11.3 Å². The Balaban J connectivity index is 1.43. The van der Waals surface area contributed by atoms with Crippen LogP contribution in [0, 0.1) is 13.8 Å². The Bertz CT molecular complexity index is 765. The maximum atomic E-state index is 12.4. The molecule has 0 spiro atoms. The second-order valence-corrected chi connectivity index (χ2v) is 8.19. The lowest BCUT2D eigenvalue weighted by atomic mass is 10.1. The van der Waals surface area contributed by atoms with Crippen LogP contribution in [0.15, 0.2) is 30.5 Å². The second-order valence-electron chi connectivity index (χ2n) is 6.73. The summed E-state index contributed by atoms with van der Waals surface area (Å²) in [7, 11) is 0. The van der Waals surface area contributed by atoms with E-state index in [0.717, 1.165) is 53.7 Å². The highest BCUT2D eigenvalue weighted by Gasteiger charge is 2.22. The van der Waals surface area contributed by atoms with Crippen LogP contribution in [0.3, 0.4) is 0 Å². The van der Waals surface area contributed by atoms with E-state index >= 15 is 0 Å². The number of carbonyl (C=O) groups excluding carboxylic acids is 2. The minimum absolute atomic E-state index is 0.0778. The van der Waals surface area contributed by atoms with Gasteiger partial charge in [-0.15, -0.1) is 11.3 Å². The SMILES string of the molecule is Cc1cc(C(=O)CCC(=O)N2CCN(Cc3ccccn3)CC2)c(C)s1. The number of thiophene rings is 1. The van der Waals surface area contributed by atoms with Crippen molar-refractivity contribution in [2.45, 2.75) is 33.2 Å². The maximum absolute atomic E-state index is 12.4. The summed E-state index contributed by atoms with van der Waals surface area (Å²) in [6.45, 7) is 7.92. The van der Waals surface area contributed by atoms with E-state index in [-0.39, 0.29) is 11.7 Å². The van der Waals surface area contributed by atoms with Crippen molar-refractivity contribution >= 4 is 23.0 Å². The predicted octanol–water partition coefficient (Wildman–Crippen LogP) is 3.07. The summed E-state index contributed by atoms with van der Waals surface area (Å²) in [5.41, 5.74) is 1.83. The quantitative estimate of drug-likeness (QED) is 0.733. The molecule has 0 aromatic carbocycles. The number of hydrogen-bond donors (Lipinski definition) is 0. The average Bonchev–Trinajstić information content (AvgIpc) is 2.99. The monoisotopic (exact) mass is 371 g/mol. The fourth-order valence-corrected chi connectivity index (χ4v) is 4.24. The number of aryl methyl sites for hydroxylation is 2. The van der Waals surface area contributed by atoms with Gasteiger partial charge in [-0.25, -0.2) is 0 Å². The normalized spacial score (nSPS) is 15.2. The number of amides is 1. The molecule has 5 nitrogen and oxygen atoms in total. The molecule has 0 unspecified atom stereocenters. The summed E-state index contributed by atoms with van der Waals surface area (Å²) in [6.07, 6.45) is 2.40.